The molecular weight excluding hydrogens is 400 g/mol. The van der Waals surface area contributed by atoms with Gasteiger partial charge in [-0.15, -0.1) is 0 Å². The first-order valence-electron chi connectivity index (χ1n) is 8.67. The Bertz CT molecular complexity index is 973. The van der Waals surface area contributed by atoms with E-state index < -0.39 is 23.4 Å². The predicted octanol–water partition coefficient (Wildman–Crippen LogP) is 4.01. The van der Waals surface area contributed by atoms with E-state index in [2.05, 4.69) is 5.32 Å². The summed E-state index contributed by atoms with van der Waals surface area (Å²) in [7, 11) is 0. The molecule has 0 aliphatic carbocycles. The molecule has 0 atom stereocenters. The molecule has 152 valence electrons. The molecule has 0 aliphatic rings. The number of carbonyl (C=O) groups is 3. The molecular formula is C20H19ClN2O6. The Hall–Kier alpha value is -3.26. The molecule has 8 nitrogen and oxygen atoms in total. The molecule has 9 heteroatoms. The molecule has 1 N–H and O–H groups in total. The second kappa shape index (κ2) is 9.79. The lowest BCUT2D eigenvalue weighted by Crippen LogP contribution is -2.21. The number of carbonyl (C=O) groups excluding carboxylic acids is 3. The number of amides is 1. The second-order valence-electron chi connectivity index (χ2n) is 6.37. The molecule has 0 unspecified atom stereocenters. The van der Waals surface area contributed by atoms with Gasteiger partial charge >= 0.3 is 5.97 Å². The van der Waals surface area contributed by atoms with E-state index in [0.717, 1.165) is 17.2 Å². The summed E-state index contributed by atoms with van der Waals surface area (Å²) in [5.41, 5.74) is 1.86. The Morgan fingerprint density at radius 1 is 1.10 bits per heavy atom. The molecule has 0 heterocycles. The smallest absolute Gasteiger partial charge is 0.306 e. The van der Waals surface area contributed by atoms with Gasteiger partial charge in [0.05, 0.1) is 11.3 Å². The summed E-state index contributed by atoms with van der Waals surface area (Å²) in [6.07, 6.45) is -0.235. The molecule has 0 saturated carbocycles. The number of benzene rings is 2. The van der Waals surface area contributed by atoms with Crippen LogP contribution in [0.25, 0.3) is 0 Å². The number of rotatable bonds is 8. The van der Waals surface area contributed by atoms with Crippen molar-refractivity contribution in [2.75, 3.05) is 11.9 Å². The van der Waals surface area contributed by atoms with Gasteiger partial charge in [0.15, 0.2) is 12.4 Å². The van der Waals surface area contributed by atoms with Crippen molar-refractivity contribution in [3.05, 3.63) is 68.2 Å². The topological polar surface area (TPSA) is 116 Å². The van der Waals surface area contributed by atoms with E-state index >= 15 is 0 Å². The molecule has 0 bridgehead atoms. The summed E-state index contributed by atoms with van der Waals surface area (Å²) in [4.78, 5) is 46.3. The maximum atomic E-state index is 12.3. The van der Waals surface area contributed by atoms with Gasteiger partial charge in [-0.2, -0.15) is 0 Å². The van der Waals surface area contributed by atoms with Crippen LogP contribution in [0.3, 0.4) is 0 Å². The maximum absolute atomic E-state index is 12.3. The van der Waals surface area contributed by atoms with Crippen molar-refractivity contribution < 1.29 is 24.0 Å². The summed E-state index contributed by atoms with van der Waals surface area (Å²) in [5.74, 6) is -1.67. The van der Waals surface area contributed by atoms with Crippen LogP contribution < -0.4 is 5.32 Å². The molecule has 1 amide bonds. The number of esters is 1. The van der Waals surface area contributed by atoms with Crippen molar-refractivity contribution in [1.29, 1.82) is 0 Å². The predicted molar refractivity (Wildman–Crippen MR) is 107 cm³/mol. The summed E-state index contributed by atoms with van der Waals surface area (Å²) in [5, 5.41) is 13.5. The van der Waals surface area contributed by atoms with Crippen molar-refractivity contribution in [3.8, 4) is 0 Å². The fourth-order valence-corrected chi connectivity index (χ4v) is 2.73. The van der Waals surface area contributed by atoms with E-state index in [9.17, 15) is 24.5 Å². The number of Topliss-reactive ketones (excluding diaryl/α,β-unsaturated/α-hetero) is 1. The van der Waals surface area contributed by atoms with E-state index in [4.69, 9.17) is 16.3 Å². The molecule has 0 saturated heterocycles. The first kappa shape index (κ1) is 22.0. The molecule has 0 aliphatic heterocycles. The second-order valence-corrected chi connectivity index (χ2v) is 6.81. The number of anilines is 1. The fourth-order valence-electron chi connectivity index (χ4n) is 2.56. The number of ether oxygens (including phenoxy) is 1. The Kier molecular flexibility index (Phi) is 7.44. The summed E-state index contributed by atoms with van der Waals surface area (Å²) < 4.78 is 4.84. The van der Waals surface area contributed by atoms with Gasteiger partial charge < -0.3 is 10.1 Å². The normalized spacial score (nSPS) is 10.3. The number of hydrogen-bond acceptors (Lipinski definition) is 6. The molecule has 0 radical (unpaired) electrons. The minimum atomic E-state index is -0.760. The Balaban J connectivity index is 1.86. The van der Waals surface area contributed by atoms with Crippen molar-refractivity contribution in [3.63, 3.8) is 0 Å². The third-order valence-electron chi connectivity index (χ3n) is 4.04. The SMILES string of the molecule is Cc1ccc(C)c(C(=O)CCC(=O)OCC(=O)Nc2cc(Cl)ccc2[N+](=O)[O-])c1. The van der Waals surface area contributed by atoms with E-state index in [-0.39, 0.29) is 35.0 Å². The minimum absolute atomic E-state index is 0.0511. The summed E-state index contributed by atoms with van der Waals surface area (Å²) in [6, 6.07) is 9.19. The van der Waals surface area contributed by atoms with Crippen LogP contribution >= 0.6 is 11.6 Å². The van der Waals surface area contributed by atoms with Crippen LogP contribution in [0, 0.1) is 24.0 Å². The van der Waals surface area contributed by atoms with Crippen molar-refractivity contribution in [2.45, 2.75) is 26.7 Å². The van der Waals surface area contributed by atoms with Gasteiger partial charge in [0, 0.05) is 23.1 Å². The zero-order valence-corrected chi connectivity index (χ0v) is 16.6. The average molecular weight is 419 g/mol. The van der Waals surface area contributed by atoms with Crippen molar-refractivity contribution >= 4 is 40.6 Å². The van der Waals surface area contributed by atoms with Crippen molar-refractivity contribution in [2.24, 2.45) is 0 Å². The maximum Gasteiger partial charge on any atom is 0.306 e. The van der Waals surface area contributed by atoms with Crippen LogP contribution in [0.2, 0.25) is 5.02 Å². The minimum Gasteiger partial charge on any atom is -0.456 e. The lowest BCUT2D eigenvalue weighted by Gasteiger charge is -2.08. The van der Waals surface area contributed by atoms with Crippen LogP contribution in [0.15, 0.2) is 36.4 Å². The highest BCUT2D eigenvalue weighted by Gasteiger charge is 2.18. The zero-order chi connectivity index (χ0) is 21.6. The number of nitro benzene ring substituents is 1. The molecule has 29 heavy (non-hydrogen) atoms. The molecule has 0 spiro atoms. The van der Waals surface area contributed by atoms with Crippen molar-refractivity contribution in [1.82, 2.24) is 0 Å². The Labute approximate surface area is 172 Å². The van der Waals surface area contributed by atoms with E-state index in [1.807, 2.05) is 26.0 Å². The largest absolute Gasteiger partial charge is 0.456 e. The lowest BCUT2D eigenvalue weighted by molar-refractivity contribution is -0.383. The van der Waals surface area contributed by atoms with Gasteiger partial charge in [-0.1, -0.05) is 29.3 Å². The highest BCUT2D eigenvalue weighted by atomic mass is 35.5. The fraction of sp³-hybridized carbons (Fsp3) is 0.250. The number of ketones is 1. The first-order valence-corrected chi connectivity index (χ1v) is 9.05. The van der Waals surface area contributed by atoms with Gasteiger partial charge in [0.25, 0.3) is 11.6 Å². The average Bonchev–Trinajstić information content (AvgIpc) is 2.66. The standard InChI is InChI=1S/C20H19ClN2O6/c1-12-3-4-13(2)15(9-12)18(24)7-8-20(26)29-11-19(25)22-16-10-14(21)5-6-17(16)23(27)28/h3-6,9-10H,7-8,11H2,1-2H3,(H,22,25). The number of hydrogen-bond donors (Lipinski definition) is 1. The van der Waals surface area contributed by atoms with Gasteiger partial charge in [-0.3, -0.25) is 24.5 Å². The number of aryl methyl sites for hydroxylation is 2. The van der Waals surface area contributed by atoms with Crippen LogP contribution in [-0.4, -0.2) is 29.2 Å². The first-order chi connectivity index (χ1) is 13.7. The van der Waals surface area contributed by atoms with Gasteiger partial charge in [-0.05, 0) is 37.6 Å². The number of nitro groups is 1. The molecule has 2 aromatic carbocycles. The van der Waals surface area contributed by atoms with Gasteiger partial charge in [0.2, 0.25) is 0 Å². The molecule has 0 aromatic heterocycles. The van der Waals surface area contributed by atoms with Crippen LogP contribution in [0.4, 0.5) is 11.4 Å². The Morgan fingerprint density at radius 2 is 1.83 bits per heavy atom. The molecule has 2 rings (SSSR count). The van der Waals surface area contributed by atoms with Gasteiger partial charge in [-0.25, -0.2) is 0 Å². The highest BCUT2D eigenvalue weighted by Crippen LogP contribution is 2.27. The van der Waals surface area contributed by atoms with Crippen LogP contribution in [0.5, 0.6) is 0 Å². The van der Waals surface area contributed by atoms with E-state index in [0.29, 0.717) is 5.56 Å². The van der Waals surface area contributed by atoms with Gasteiger partial charge in [0.1, 0.15) is 5.69 Å². The lowest BCUT2D eigenvalue weighted by atomic mass is 9.99. The molecule has 0 fully saturated rings. The number of nitrogens with zero attached hydrogens (tertiary/aromatic N) is 1. The number of halogens is 1. The third-order valence-corrected chi connectivity index (χ3v) is 4.28. The summed E-state index contributed by atoms with van der Waals surface area (Å²) >= 11 is 5.78. The van der Waals surface area contributed by atoms with E-state index in [1.54, 1.807) is 6.07 Å². The quantitative estimate of drug-likeness (QED) is 0.299. The van der Waals surface area contributed by atoms with Crippen LogP contribution in [-0.2, 0) is 14.3 Å². The highest BCUT2D eigenvalue weighted by molar-refractivity contribution is 6.31. The summed E-state index contributed by atoms with van der Waals surface area (Å²) in [6.45, 7) is 3.04. The monoisotopic (exact) mass is 418 g/mol. The van der Waals surface area contributed by atoms with E-state index in [1.165, 1.54) is 12.1 Å². The van der Waals surface area contributed by atoms with Crippen LogP contribution in [0.1, 0.15) is 34.3 Å². The Morgan fingerprint density at radius 3 is 2.52 bits per heavy atom. The number of nitrogens with one attached hydrogen (secondary N) is 1. The third kappa shape index (κ3) is 6.39. The molecule has 2 aromatic rings. The zero-order valence-electron chi connectivity index (χ0n) is 15.9.